The van der Waals surface area contributed by atoms with E-state index >= 15 is 0 Å². The molecule has 2 heterocycles. The molecule has 0 bridgehead atoms. The molecule has 2 rings (SSSR count). The van der Waals surface area contributed by atoms with Crippen LogP contribution in [0.4, 0.5) is 5.82 Å². The molecule has 1 aliphatic heterocycles. The first-order valence-electron chi connectivity index (χ1n) is 6.10. The van der Waals surface area contributed by atoms with E-state index in [0.717, 1.165) is 37.9 Å². The summed E-state index contributed by atoms with van der Waals surface area (Å²) in [5.41, 5.74) is -0.0940. The van der Waals surface area contributed by atoms with E-state index in [1.165, 1.54) is 12.4 Å². The van der Waals surface area contributed by atoms with Gasteiger partial charge in [0.05, 0.1) is 6.33 Å². The number of aromatic amines is 1. The highest BCUT2D eigenvalue weighted by molar-refractivity contribution is 5.36. The third kappa shape index (κ3) is 5.49. The molecule has 0 atom stereocenters. The second-order valence-corrected chi connectivity index (χ2v) is 4.74. The Balaban J connectivity index is 0.000000317. The second kappa shape index (κ2) is 7.06. The molecule has 5 nitrogen and oxygen atoms in total. The minimum absolute atomic E-state index is 0.0940. The smallest absolute Gasteiger partial charge is 0.252 e. The van der Waals surface area contributed by atoms with Crippen LogP contribution in [0.5, 0.6) is 0 Å². The molecule has 1 aromatic rings. The number of nitrogens with zero attached hydrogens (tertiary/aromatic N) is 2. The van der Waals surface area contributed by atoms with Crippen molar-refractivity contribution < 1.29 is 0 Å². The van der Waals surface area contributed by atoms with Gasteiger partial charge >= 0.3 is 0 Å². The lowest BCUT2D eigenvalue weighted by Crippen LogP contribution is -2.44. The van der Waals surface area contributed by atoms with Gasteiger partial charge in [-0.1, -0.05) is 20.8 Å². The van der Waals surface area contributed by atoms with E-state index in [-0.39, 0.29) is 5.56 Å². The average Bonchev–Trinajstić information content (AvgIpc) is 2.29. The molecule has 1 fully saturated rings. The molecule has 0 saturated carbocycles. The van der Waals surface area contributed by atoms with Crippen molar-refractivity contribution in [2.45, 2.75) is 20.8 Å². The van der Waals surface area contributed by atoms with Gasteiger partial charge in [-0.05, 0) is 5.92 Å². The normalized spacial score (nSPS) is 15.4. The van der Waals surface area contributed by atoms with Gasteiger partial charge in [-0.2, -0.15) is 0 Å². The maximum absolute atomic E-state index is 11.0. The van der Waals surface area contributed by atoms with Crippen molar-refractivity contribution in [3.63, 3.8) is 0 Å². The van der Waals surface area contributed by atoms with Gasteiger partial charge in [0.15, 0.2) is 0 Å². The number of rotatable bonds is 1. The molecule has 0 amide bonds. The van der Waals surface area contributed by atoms with Crippen molar-refractivity contribution in [1.29, 1.82) is 0 Å². The minimum atomic E-state index is -0.0940. The number of piperazine rings is 1. The van der Waals surface area contributed by atoms with Crippen LogP contribution < -0.4 is 15.8 Å². The lowest BCUT2D eigenvalue weighted by atomic mass is 10.3. The quantitative estimate of drug-likeness (QED) is 0.761. The average molecular weight is 238 g/mol. The third-order valence-electron chi connectivity index (χ3n) is 2.10. The summed E-state index contributed by atoms with van der Waals surface area (Å²) in [4.78, 5) is 19.7. The molecular formula is C12H22N4O. The van der Waals surface area contributed by atoms with Gasteiger partial charge < -0.3 is 15.2 Å². The topological polar surface area (TPSA) is 61.0 Å². The highest BCUT2D eigenvalue weighted by atomic mass is 16.1. The number of hydrogen-bond donors (Lipinski definition) is 2. The first kappa shape index (κ1) is 13.7. The first-order valence-corrected chi connectivity index (χ1v) is 6.10. The Hall–Kier alpha value is -1.36. The van der Waals surface area contributed by atoms with E-state index < -0.39 is 0 Å². The van der Waals surface area contributed by atoms with Gasteiger partial charge in [-0.25, -0.2) is 4.98 Å². The summed E-state index contributed by atoms with van der Waals surface area (Å²) < 4.78 is 0. The second-order valence-electron chi connectivity index (χ2n) is 4.74. The summed E-state index contributed by atoms with van der Waals surface area (Å²) in [7, 11) is 0. The fourth-order valence-electron chi connectivity index (χ4n) is 1.43. The predicted octanol–water partition coefficient (Wildman–Crippen LogP) is 0.842. The number of aromatic nitrogens is 2. The van der Waals surface area contributed by atoms with Crippen LogP contribution in [0.2, 0.25) is 0 Å². The summed E-state index contributed by atoms with van der Waals surface area (Å²) in [6, 6.07) is 1.53. The first-order chi connectivity index (χ1) is 8.09. The van der Waals surface area contributed by atoms with Gasteiger partial charge in [0, 0.05) is 32.2 Å². The van der Waals surface area contributed by atoms with Crippen LogP contribution in [-0.2, 0) is 0 Å². The van der Waals surface area contributed by atoms with Crippen LogP contribution in [0, 0.1) is 5.92 Å². The number of nitrogens with one attached hydrogen (secondary N) is 2. The molecule has 1 saturated heterocycles. The van der Waals surface area contributed by atoms with E-state index in [1.54, 1.807) is 0 Å². The molecule has 96 valence electrons. The maximum atomic E-state index is 11.0. The largest absolute Gasteiger partial charge is 0.354 e. The van der Waals surface area contributed by atoms with E-state index in [2.05, 4.69) is 41.0 Å². The van der Waals surface area contributed by atoms with Crippen molar-refractivity contribution in [3.05, 3.63) is 22.7 Å². The van der Waals surface area contributed by atoms with Gasteiger partial charge in [-0.3, -0.25) is 4.79 Å². The highest BCUT2D eigenvalue weighted by Gasteiger charge is 2.10. The molecule has 5 heteroatoms. The van der Waals surface area contributed by atoms with Crippen molar-refractivity contribution >= 4 is 5.82 Å². The number of hydrogen-bond acceptors (Lipinski definition) is 4. The summed E-state index contributed by atoms with van der Waals surface area (Å²) >= 11 is 0. The molecular weight excluding hydrogens is 216 g/mol. The zero-order valence-electron chi connectivity index (χ0n) is 10.9. The van der Waals surface area contributed by atoms with Crippen LogP contribution in [0.3, 0.4) is 0 Å². The van der Waals surface area contributed by atoms with Gasteiger partial charge in [0.25, 0.3) is 5.56 Å². The molecule has 0 aromatic carbocycles. The molecule has 0 radical (unpaired) electrons. The van der Waals surface area contributed by atoms with Gasteiger partial charge in [0.1, 0.15) is 5.82 Å². The number of H-pyrrole nitrogens is 1. The Morgan fingerprint density at radius 3 is 2.41 bits per heavy atom. The Bertz CT molecular complexity index is 366. The molecule has 0 aliphatic carbocycles. The molecule has 17 heavy (non-hydrogen) atoms. The van der Waals surface area contributed by atoms with E-state index in [1.807, 2.05) is 0 Å². The van der Waals surface area contributed by atoms with Crippen molar-refractivity contribution in [2.24, 2.45) is 5.92 Å². The van der Waals surface area contributed by atoms with Crippen LogP contribution in [0.1, 0.15) is 20.8 Å². The van der Waals surface area contributed by atoms with Gasteiger partial charge in [-0.15, -0.1) is 0 Å². The number of anilines is 1. The van der Waals surface area contributed by atoms with Crippen LogP contribution in [0.15, 0.2) is 17.2 Å². The maximum Gasteiger partial charge on any atom is 0.252 e. The molecule has 1 aromatic heterocycles. The molecule has 0 spiro atoms. The Morgan fingerprint density at radius 1 is 1.29 bits per heavy atom. The molecule has 1 aliphatic rings. The third-order valence-corrected chi connectivity index (χ3v) is 2.10. The lowest BCUT2D eigenvalue weighted by molar-refractivity contribution is 0.584. The van der Waals surface area contributed by atoms with Crippen molar-refractivity contribution in [2.75, 3.05) is 31.1 Å². The van der Waals surface area contributed by atoms with Crippen molar-refractivity contribution in [1.82, 2.24) is 15.3 Å². The zero-order chi connectivity index (χ0) is 12.7. The van der Waals surface area contributed by atoms with Crippen LogP contribution in [0.25, 0.3) is 0 Å². The van der Waals surface area contributed by atoms with E-state index in [0.29, 0.717) is 0 Å². The summed E-state index contributed by atoms with van der Waals surface area (Å²) in [6.07, 6.45) is 1.44. The fourth-order valence-corrected chi connectivity index (χ4v) is 1.43. The monoisotopic (exact) mass is 238 g/mol. The Labute approximate surface area is 102 Å². The minimum Gasteiger partial charge on any atom is -0.354 e. The highest BCUT2D eigenvalue weighted by Crippen LogP contribution is 2.06. The fraction of sp³-hybridized carbons (Fsp3) is 0.667. The standard InChI is InChI=1S/C8H12N4O.C4H10/c13-8-5-7(10-6-11-8)12-3-1-9-2-4-12;1-4(2)3/h5-6,9H,1-4H2,(H,10,11,13);4H,1-3H3. The predicted molar refractivity (Wildman–Crippen MR) is 70.5 cm³/mol. The zero-order valence-corrected chi connectivity index (χ0v) is 10.9. The Kier molecular flexibility index (Phi) is 5.69. The van der Waals surface area contributed by atoms with Gasteiger partial charge in [0.2, 0.25) is 0 Å². The SMILES string of the molecule is CC(C)C.O=c1cc(N2CCNCC2)nc[nH]1. The van der Waals surface area contributed by atoms with Crippen LogP contribution in [-0.4, -0.2) is 36.1 Å². The summed E-state index contributed by atoms with van der Waals surface area (Å²) in [6.45, 7) is 10.2. The summed E-state index contributed by atoms with van der Waals surface area (Å²) in [5.74, 6) is 1.60. The summed E-state index contributed by atoms with van der Waals surface area (Å²) in [5, 5.41) is 3.24. The van der Waals surface area contributed by atoms with Crippen LogP contribution >= 0.6 is 0 Å². The Morgan fingerprint density at radius 2 is 1.88 bits per heavy atom. The molecule has 0 unspecified atom stereocenters. The van der Waals surface area contributed by atoms with Crippen molar-refractivity contribution in [3.8, 4) is 0 Å². The van der Waals surface area contributed by atoms with E-state index in [9.17, 15) is 4.79 Å². The lowest BCUT2D eigenvalue weighted by Gasteiger charge is -2.27. The molecule has 2 N–H and O–H groups in total. The van der Waals surface area contributed by atoms with E-state index in [4.69, 9.17) is 0 Å².